The maximum absolute atomic E-state index is 12.1. The lowest BCUT2D eigenvalue weighted by Gasteiger charge is -2.36. The molecule has 1 atom stereocenters. The van der Waals surface area contributed by atoms with Gasteiger partial charge in [-0.15, -0.1) is 0 Å². The van der Waals surface area contributed by atoms with E-state index in [-0.39, 0.29) is 18.7 Å². The van der Waals surface area contributed by atoms with Crippen molar-refractivity contribution in [2.45, 2.75) is 56.0 Å². The van der Waals surface area contributed by atoms with Crippen LogP contribution in [0.25, 0.3) is 0 Å². The van der Waals surface area contributed by atoms with Crippen LogP contribution < -0.4 is 0 Å². The number of nitrogens with zero attached hydrogens (tertiary/aromatic N) is 1. The molecule has 1 rings (SSSR count). The van der Waals surface area contributed by atoms with Gasteiger partial charge >= 0.3 is 6.09 Å². The van der Waals surface area contributed by atoms with Crippen molar-refractivity contribution < 1.29 is 14.3 Å². The third kappa shape index (κ3) is 7.19. The van der Waals surface area contributed by atoms with Gasteiger partial charge in [-0.25, -0.2) is 4.79 Å². The predicted molar refractivity (Wildman–Crippen MR) is 93.7 cm³/mol. The van der Waals surface area contributed by atoms with Crippen LogP contribution in [0, 0.1) is 5.41 Å². The third-order valence-electron chi connectivity index (χ3n) is 3.25. The van der Waals surface area contributed by atoms with Gasteiger partial charge < -0.3 is 14.4 Å². The highest BCUT2D eigenvalue weighted by atomic mass is 35.6. The number of piperidine rings is 1. The molecule has 8 heteroatoms. The molecule has 1 fully saturated rings. The molecule has 0 bridgehead atoms. The second-order valence-corrected chi connectivity index (χ2v) is 8.76. The largest absolute Gasteiger partial charge is 0.474 e. The number of halogens is 3. The lowest BCUT2D eigenvalue weighted by atomic mass is 9.98. The van der Waals surface area contributed by atoms with E-state index in [1.807, 2.05) is 33.8 Å². The highest BCUT2D eigenvalue weighted by Gasteiger charge is 2.30. The number of carbonyl (C=O) groups excluding carboxylic acids is 1. The van der Waals surface area contributed by atoms with Crippen LogP contribution in [0.15, 0.2) is 11.6 Å². The number of alkyl halides is 3. The monoisotopic (exact) mass is 384 g/mol. The number of nitrogens with one attached hydrogen (secondary N) is 1. The summed E-state index contributed by atoms with van der Waals surface area (Å²) < 4.78 is 8.65. The predicted octanol–water partition coefficient (Wildman–Crippen LogP) is 4.70. The Balaban J connectivity index is 2.50. The highest BCUT2D eigenvalue weighted by molar-refractivity contribution is 6.76. The van der Waals surface area contributed by atoms with E-state index < -0.39 is 15.3 Å². The Morgan fingerprint density at radius 2 is 2.00 bits per heavy atom. The summed E-state index contributed by atoms with van der Waals surface area (Å²) in [6.45, 7) is 8.28. The third-order valence-corrected chi connectivity index (χ3v) is 3.76. The van der Waals surface area contributed by atoms with Crippen LogP contribution in [0.5, 0.6) is 0 Å². The average molecular weight is 386 g/mol. The molecular formula is C15H23Cl3N2O3. The van der Waals surface area contributed by atoms with Gasteiger partial charge in [0.25, 0.3) is 3.79 Å². The molecule has 1 N–H and O–H groups in total. The number of hydrogen-bond donors (Lipinski definition) is 1. The van der Waals surface area contributed by atoms with Crippen molar-refractivity contribution in [3.63, 3.8) is 0 Å². The van der Waals surface area contributed by atoms with Gasteiger partial charge in [0.15, 0.2) is 0 Å². The Morgan fingerprint density at radius 3 is 2.48 bits per heavy atom. The Bertz CT molecular complexity index is 481. The van der Waals surface area contributed by atoms with E-state index in [0.29, 0.717) is 6.54 Å². The fraction of sp³-hybridized carbons (Fsp3) is 0.733. The minimum absolute atomic E-state index is 0.0393. The van der Waals surface area contributed by atoms with Gasteiger partial charge in [-0.05, 0) is 46.6 Å². The summed E-state index contributed by atoms with van der Waals surface area (Å²) in [6, 6.07) is 0.0393. The maximum atomic E-state index is 12.1. The quantitative estimate of drug-likeness (QED) is 0.324. The number of carbonyl (C=O) groups is 1. The van der Waals surface area contributed by atoms with Gasteiger partial charge in [-0.1, -0.05) is 40.4 Å². The van der Waals surface area contributed by atoms with Crippen molar-refractivity contribution in [1.29, 1.82) is 5.41 Å². The Hall–Kier alpha value is -0.650. The summed E-state index contributed by atoms with van der Waals surface area (Å²) in [4.78, 5) is 13.9. The van der Waals surface area contributed by atoms with Gasteiger partial charge in [-0.3, -0.25) is 5.41 Å². The standard InChI is InChI=1S/C15H23Cl3N2O3/c1-10-9-11(6-8-22-12(19)15(16,17)18)5-7-20(10)13(21)23-14(2,3)4/h6,10,19H,5,7-9H2,1-4H3/t10-/m0/s1. The molecule has 0 spiro atoms. The molecule has 1 saturated heterocycles. The summed E-state index contributed by atoms with van der Waals surface area (Å²) in [5.74, 6) is -0.404. The van der Waals surface area contributed by atoms with Crippen LogP contribution in [-0.2, 0) is 9.47 Å². The SMILES string of the molecule is C[C@H]1CC(=CCOC(=N)C(Cl)(Cl)Cl)CCN1C(=O)OC(C)(C)C. The Labute approximate surface area is 152 Å². The fourth-order valence-electron chi connectivity index (χ4n) is 2.18. The summed E-state index contributed by atoms with van der Waals surface area (Å²) in [6.07, 6.45) is 3.03. The van der Waals surface area contributed by atoms with Crippen molar-refractivity contribution in [3.05, 3.63) is 11.6 Å². The minimum atomic E-state index is -1.84. The number of ether oxygens (including phenoxy) is 2. The van der Waals surface area contributed by atoms with Crippen LogP contribution in [0.1, 0.15) is 40.5 Å². The molecule has 23 heavy (non-hydrogen) atoms. The summed E-state index contributed by atoms with van der Waals surface area (Å²) in [5, 5.41) is 7.45. The molecule has 1 heterocycles. The fourth-order valence-corrected chi connectivity index (χ4v) is 2.34. The number of likely N-dealkylation sites (tertiary alicyclic amines) is 1. The van der Waals surface area contributed by atoms with Crippen molar-refractivity contribution in [2.24, 2.45) is 0 Å². The molecule has 1 aliphatic rings. The first kappa shape index (κ1) is 20.4. The summed E-state index contributed by atoms with van der Waals surface area (Å²) >= 11 is 16.6. The molecule has 132 valence electrons. The van der Waals surface area contributed by atoms with Crippen LogP contribution in [-0.4, -0.2) is 45.5 Å². The second kappa shape index (κ2) is 7.95. The van der Waals surface area contributed by atoms with Crippen molar-refractivity contribution in [3.8, 4) is 0 Å². The first-order valence-electron chi connectivity index (χ1n) is 7.36. The molecule has 0 aliphatic carbocycles. The molecule has 0 unspecified atom stereocenters. The van der Waals surface area contributed by atoms with Gasteiger partial charge in [-0.2, -0.15) is 0 Å². The first-order chi connectivity index (χ1) is 10.4. The van der Waals surface area contributed by atoms with Crippen molar-refractivity contribution in [2.75, 3.05) is 13.2 Å². The topological polar surface area (TPSA) is 62.6 Å². The smallest absolute Gasteiger partial charge is 0.410 e. The molecule has 0 aromatic rings. The van der Waals surface area contributed by atoms with Crippen molar-refractivity contribution >= 4 is 46.8 Å². The van der Waals surface area contributed by atoms with E-state index in [1.165, 1.54) is 0 Å². The molecule has 5 nitrogen and oxygen atoms in total. The van der Waals surface area contributed by atoms with Gasteiger partial charge in [0.05, 0.1) is 0 Å². The summed E-state index contributed by atoms with van der Waals surface area (Å²) in [5.41, 5.74) is 0.646. The summed E-state index contributed by atoms with van der Waals surface area (Å²) in [7, 11) is 0. The molecular weight excluding hydrogens is 363 g/mol. The second-order valence-electron chi connectivity index (χ2n) is 6.48. The van der Waals surface area contributed by atoms with E-state index >= 15 is 0 Å². The minimum Gasteiger partial charge on any atom is -0.474 e. The van der Waals surface area contributed by atoms with Gasteiger partial charge in [0.1, 0.15) is 12.2 Å². The van der Waals surface area contributed by atoms with Gasteiger partial charge in [0.2, 0.25) is 5.90 Å². The average Bonchev–Trinajstić information content (AvgIpc) is 2.35. The van der Waals surface area contributed by atoms with Crippen LogP contribution >= 0.6 is 34.8 Å². The maximum Gasteiger partial charge on any atom is 0.410 e. The molecule has 0 aromatic carbocycles. The van der Waals surface area contributed by atoms with E-state index in [0.717, 1.165) is 18.4 Å². The lowest BCUT2D eigenvalue weighted by molar-refractivity contribution is 0.0152. The molecule has 0 aromatic heterocycles. The van der Waals surface area contributed by atoms with Crippen molar-refractivity contribution in [1.82, 2.24) is 4.90 Å². The number of amides is 1. The molecule has 0 radical (unpaired) electrons. The van der Waals surface area contributed by atoms with E-state index in [9.17, 15) is 4.79 Å². The Kier molecular flexibility index (Phi) is 7.05. The normalized spacial score (nSPS) is 21.3. The number of rotatable bonds is 2. The van der Waals surface area contributed by atoms with Crippen LogP contribution in [0.3, 0.4) is 0 Å². The highest BCUT2D eigenvalue weighted by Crippen LogP contribution is 2.28. The van der Waals surface area contributed by atoms with E-state index in [4.69, 9.17) is 49.7 Å². The molecule has 0 saturated carbocycles. The zero-order chi connectivity index (χ0) is 17.8. The molecule has 1 amide bonds. The lowest BCUT2D eigenvalue weighted by Crippen LogP contribution is -2.45. The Morgan fingerprint density at radius 1 is 1.39 bits per heavy atom. The zero-order valence-corrected chi connectivity index (χ0v) is 16.1. The van der Waals surface area contributed by atoms with E-state index in [1.54, 1.807) is 4.90 Å². The number of hydrogen-bond acceptors (Lipinski definition) is 4. The van der Waals surface area contributed by atoms with Crippen LogP contribution in [0.2, 0.25) is 0 Å². The van der Waals surface area contributed by atoms with E-state index in [2.05, 4.69) is 0 Å². The van der Waals surface area contributed by atoms with Gasteiger partial charge in [0, 0.05) is 12.6 Å². The molecule has 1 aliphatic heterocycles. The zero-order valence-electron chi connectivity index (χ0n) is 13.8. The van der Waals surface area contributed by atoms with Crippen LogP contribution in [0.4, 0.5) is 4.79 Å². The first-order valence-corrected chi connectivity index (χ1v) is 8.49.